The fraction of sp³-hybridized carbons (Fsp3) is 0.357. The van der Waals surface area contributed by atoms with Gasteiger partial charge in [-0.1, -0.05) is 0 Å². The number of hydrogen-bond acceptors (Lipinski definition) is 3. The first kappa shape index (κ1) is 13.3. The normalized spacial score (nSPS) is 10.4. The lowest BCUT2D eigenvalue weighted by molar-refractivity contribution is -0.121. The molecule has 5 heteroatoms. The molecule has 0 aliphatic carbocycles. The molecular weight excluding hydrogens is 240 g/mol. The van der Waals surface area contributed by atoms with Crippen molar-refractivity contribution in [1.82, 2.24) is 20.5 Å². The monoisotopic (exact) mass is 258 g/mol. The highest BCUT2D eigenvalue weighted by Crippen LogP contribution is 2.11. The number of carbonyl (C=O) groups is 1. The zero-order valence-corrected chi connectivity index (χ0v) is 11.2. The van der Waals surface area contributed by atoms with Crippen LogP contribution < -0.4 is 5.32 Å². The average Bonchev–Trinajstić information content (AvgIpc) is 2.75. The summed E-state index contributed by atoms with van der Waals surface area (Å²) in [5.74, 6) is 0.0526. The van der Waals surface area contributed by atoms with E-state index in [1.165, 1.54) is 0 Å². The molecule has 5 nitrogen and oxygen atoms in total. The lowest BCUT2D eigenvalue weighted by Crippen LogP contribution is -2.23. The summed E-state index contributed by atoms with van der Waals surface area (Å²) in [7, 11) is 0. The zero-order chi connectivity index (χ0) is 13.7. The number of H-pyrrole nitrogens is 1. The van der Waals surface area contributed by atoms with E-state index in [2.05, 4.69) is 20.5 Å². The van der Waals surface area contributed by atoms with Crippen LogP contribution >= 0.6 is 0 Å². The second-order valence-electron chi connectivity index (χ2n) is 4.54. The molecule has 2 aromatic rings. The SMILES string of the molecule is Cc1n[nH]c(C)c1CCC(=O)NCc1ccncc1. The summed E-state index contributed by atoms with van der Waals surface area (Å²) in [6.07, 6.45) is 4.64. The van der Waals surface area contributed by atoms with Gasteiger partial charge in [-0.15, -0.1) is 0 Å². The summed E-state index contributed by atoms with van der Waals surface area (Å²) in [6.45, 7) is 4.47. The van der Waals surface area contributed by atoms with E-state index < -0.39 is 0 Å². The molecule has 2 aromatic heterocycles. The Bertz CT molecular complexity index is 528. The molecule has 0 saturated heterocycles. The van der Waals surface area contributed by atoms with Crippen molar-refractivity contribution in [2.45, 2.75) is 33.2 Å². The van der Waals surface area contributed by atoms with Crippen molar-refractivity contribution in [3.8, 4) is 0 Å². The molecule has 0 saturated carbocycles. The maximum atomic E-state index is 11.8. The smallest absolute Gasteiger partial charge is 0.220 e. The second-order valence-corrected chi connectivity index (χ2v) is 4.54. The first-order chi connectivity index (χ1) is 9.16. The summed E-state index contributed by atoms with van der Waals surface area (Å²) >= 11 is 0. The molecule has 0 aromatic carbocycles. The third-order valence-corrected chi connectivity index (χ3v) is 3.12. The Hall–Kier alpha value is -2.17. The van der Waals surface area contributed by atoms with Gasteiger partial charge in [-0.05, 0) is 43.5 Å². The van der Waals surface area contributed by atoms with Crippen molar-refractivity contribution in [2.75, 3.05) is 0 Å². The predicted molar refractivity (Wildman–Crippen MR) is 72.5 cm³/mol. The van der Waals surface area contributed by atoms with Crippen molar-refractivity contribution in [2.24, 2.45) is 0 Å². The zero-order valence-electron chi connectivity index (χ0n) is 11.2. The topological polar surface area (TPSA) is 70.7 Å². The Morgan fingerprint density at radius 1 is 1.32 bits per heavy atom. The minimum absolute atomic E-state index is 0.0526. The summed E-state index contributed by atoms with van der Waals surface area (Å²) < 4.78 is 0. The van der Waals surface area contributed by atoms with E-state index in [1.807, 2.05) is 26.0 Å². The number of carbonyl (C=O) groups excluding carboxylic acids is 1. The molecule has 0 atom stereocenters. The van der Waals surface area contributed by atoms with Crippen LogP contribution in [-0.2, 0) is 17.8 Å². The number of pyridine rings is 1. The van der Waals surface area contributed by atoms with Crippen LogP contribution in [0.4, 0.5) is 0 Å². The van der Waals surface area contributed by atoms with Gasteiger partial charge >= 0.3 is 0 Å². The number of aromatic nitrogens is 3. The fourth-order valence-electron chi connectivity index (χ4n) is 1.97. The summed E-state index contributed by atoms with van der Waals surface area (Å²) in [4.78, 5) is 15.7. The number of amides is 1. The van der Waals surface area contributed by atoms with Crippen LogP contribution in [0.1, 0.15) is 28.9 Å². The molecule has 0 fully saturated rings. The van der Waals surface area contributed by atoms with E-state index in [0.29, 0.717) is 13.0 Å². The van der Waals surface area contributed by atoms with Crippen molar-refractivity contribution in [3.63, 3.8) is 0 Å². The van der Waals surface area contributed by atoms with Gasteiger partial charge in [-0.2, -0.15) is 5.10 Å². The largest absolute Gasteiger partial charge is 0.352 e. The lowest BCUT2D eigenvalue weighted by Gasteiger charge is -2.05. The number of aryl methyl sites for hydroxylation is 2. The standard InChI is InChI=1S/C14H18N4O/c1-10-13(11(2)18-17-10)3-4-14(19)16-9-12-5-7-15-8-6-12/h5-8H,3-4,9H2,1-2H3,(H,16,19)(H,17,18). The van der Waals surface area contributed by atoms with Gasteiger partial charge in [0.15, 0.2) is 0 Å². The minimum Gasteiger partial charge on any atom is -0.352 e. The van der Waals surface area contributed by atoms with E-state index in [-0.39, 0.29) is 5.91 Å². The van der Waals surface area contributed by atoms with Crippen molar-refractivity contribution < 1.29 is 4.79 Å². The number of nitrogens with zero attached hydrogens (tertiary/aromatic N) is 2. The maximum Gasteiger partial charge on any atom is 0.220 e. The van der Waals surface area contributed by atoms with E-state index in [0.717, 1.165) is 28.9 Å². The summed E-state index contributed by atoms with van der Waals surface area (Å²) in [6, 6.07) is 3.79. The molecular formula is C14H18N4O. The number of hydrogen-bond donors (Lipinski definition) is 2. The van der Waals surface area contributed by atoms with Crippen LogP contribution in [0.3, 0.4) is 0 Å². The maximum absolute atomic E-state index is 11.8. The van der Waals surface area contributed by atoms with Gasteiger partial charge in [0.1, 0.15) is 0 Å². The molecule has 0 unspecified atom stereocenters. The van der Waals surface area contributed by atoms with Crippen molar-refractivity contribution in [3.05, 3.63) is 47.0 Å². The fourth-order valence-corrected chi connectivity index (χ4v) is 1.97. The molecule has 0 spiro atoms. The van der Waals surface area contributed by atoms with Gasteiger partial charge in [0, 0.05) is 31.1 Å². The highest BCUT2D eigenvalue weighted by molar-refractivity contribution is 5.76. The molecule has 0 aliphatic rings. The first-order valence-electron chi connectivity index (χ1n) is 6.33. The molecule has 2 N–H and O–H groups in total. The third kappa shape index (κ3) is 3.64. The van der Waals surface area contributed by atoms with E-state index in [1.54, 1.807) is 12.4 Å². The quantitative estimate of drug-likeness (QED) is 0.857. The van der Waals surface area contributed by atoms with Crippen molar-refractivity contribution in [1.29, 1.82) is 0 Å². The Morgan fingerprint density at radius 2 is 2.05 bits per heavy atom. The lowest BCUT2D eigenvalue weighted by atomic mass is 10.1. The number of nitrogens with one attached hydrogen (secondary N) is 2. The summed E-state index contributed by atoms with van der Waals surface area (Å²) in [5.41, 5.74) is 4.21. The molecule has 19 heavy (non-hydrogen) atoms. The molecule has 2 rings (SSSR count). The molecule has 0 radical (unpaired) electrons. The van der Waals surface area contributed by atoms with Crippen LogP contribution in [0, 0.1) is 13.8 Å². The van der Waals surface area contributed by atoms with Crippen LogP contribution in [-0.4, -0.2) is 21.1 Å². The van der Waals surface area contributed by atoms with Crippen molar-refractivity contribution >= 4 is 5.91 Å². The molecule has 1 amide bonds. The molecule has 0 aliphatic heterocycles. The Labute approximate surface area is 112 Å². The van der Waals surface area contributed by atoms with E-state index in [9.17, 15) is 4.79 Å². The van der Waals surface area contributed by atoms with Crippen LogP contribution in [0.25, 0.3) is 0 Å². The van der Waals surface area contributed by atoms with Gasteiger partial charge in [0.2, 0.25) is 5.91 Å². The van der Waals surface area contributed by atoms with Crippen LogP contribution in [0.5, 0.6) is 0 Å². The van der Waals surface area contributed by atoms with Gasteiger partial charge in [0.05, 0.1) is 5.69 Å². The van der Waals surface area contributed by atoms with Gasteiger partial charge < -0.3 is 5.32 Å². The number of aromatic amines is 1. The minimum atomic E-state index is 0.0526. The van der Waals surface area contributed by atoms with Gasteiger partial charge in [-0.3, -0.25) is 14.9 Å². The van der Waals surface area contributed by atoms with Gasteiger partial charge in [-0.25, -0.2) is 0 Å². The second kappa shape index (κ2) is 6.13. The molecule has 0 bridgehead atoms. The summed E-state index contributed by atoms with van der Waals surface area (Å²) in [5, 5.41) is 9.96. The highest BCUT2D eigenvalue weighted by Gasteiger charge is 2.08. The molecule has 100 valence electrons. The third-order valence-electron chi connectivity index (χ3n) is 3.12. The van der Waals surface area contributed by atoms with E-state index in [4.69, 9.17) is 0 Å². The predicted octanol–water partition coefficient (Wildman–Crippen LogP) is 1.67. The van der Waals surface area contributed by atoms with Crippen LogP contribution in [0.15, 0.2) is 24.5 Å². The Balaban J connectivity index is 1.79. The number of rotatable bonds is 5. The van der Waals surface area contributed by atoms with Gasteiger partial charge in [0.25, 0.3) is 0 Å². The van der Waals surface area contributed by atoms with Crippen LogP contribution in [0.2, 0.25) is 0 Å². The highest BCUT2D eigenvalue weighted by atomic mass is 16.1. The average molecular weight is 258 g/mol. The first-order valence-corrected chi connectivity index (χ1v) is 6.33. The Morgan fingerprint density at radius 3 is 2.68 bits per heavy atom. The van der Waals surface area contributed by atoms with E-state index >= 15 is 0 Å². The molecule has 2 heterocycles. The Kier molecular flexibility index (Phi) is 4.28.